The number of ether oxygens (including phenoxy) is 2. The third-order valence-corrected chi connectivity index (χ3v) is 3.81. The highest BCUT2D eigenvalue weighted by Gasteiger charge is 2.21. The molecule has 112 valence electrons. The summed E-state index contributed by atoms with van der Waals surface area (Å²) in [6.07, 6.45) is 1.66. The van der Waals surface area contributed by atoms with E-state index >= 15 is 0 Å². The van der Waals surface area contributed by atoms with Gasteiger partial charge in [0.1, 0.15) is 13.2 Å². The Hall–Kier alpha value is -2.01. The van der Waals surface area contributed by atoms with Crippen molar-refractivity contribution in [3.05, 3.63) is 41.2 Å². The summed E-state index contributed by atoms with van der Waals surface area (Å²) in [5.74, 6) is 1.57. The first-order valence-corrected chi connectivity index (χ1v) is 7.35. The lowest BCUT2D eigenvalue weighted by Gasteiger charge is -2.23. The quantitative estimate of drug-likeness (QED) is 0.934. The molecule has 5 heteroatoms. The number of aryl methyl sites for hydroxylation is 2. The topological polar surface area (TPSA) is 62.3 Å². The molecule has 1 aliphatic heterocycles. The van der Waals surface area contributed by atoms with E-state index in [0.717, 1.165) is 41.3 Å². The van der Waals surface area contributed by atoms with E-state index < -0.39 is 0 Å². The number of nitrogens with zero attached hydrogens (tertiary/aromatic N) is 2. The Morgan fingerprint density at radius 1 is 1.33 bits per heavy atom. The van der Waals surface area contributed by atoms with Gasteiger partial charge in [-0.1, -0.05) is 19.1 Å². The molecule has 1 aromatic heterocycles. The minimum Gasteiger partial charge on any atom is -0.486 e. The van der Waals surface area contributed by atoms with Crippen molar-refractivity contribution in [3.8, 4) is 11.5 Å². The van der Waals surface area contributed by atoms with Crippen LogP contribution in [-0.4, -0.2) is 23.0 Å². The fourth-order valence-electron chi connectivity index (χ4n) is 2.66. The Labute approximate surface area is 124 Å². The normalized spacial score (nSPS) is 15.0. The first-order valence-electron chi connectivity index (χ1n) is 7.35. The van der Waals surface area contributed by atoms with Gasteiger partial charge in [0.15, 0.2) is 11.5 Å². The molecule has 0 aliphatic carbocycles. The zero-order valence-electron chi connectivity index (χ0n) is 12.5. The van der Waals surface area contributed by atoms with Crippen LogP contribution in [0.15, 0.2) is 24.3 Å². The Kier molecular flexibility index (Phi) is 3.84. The fraction of sp³-hybridized carbons (Fsp3) is 0.438. The van der Waals surface area contributed by atoms with Crippen molar-refractivity contribution in [2.75, 3.05) is 13.2 Å². The monoisotopic (exact) mass is 287 g/mol. The average molecular weight is 287 g/mol. The maximum absolute atomic E-state index is 6.39. The van der Waals surface area contributed by atoms with E-state index in [1.54, 1.807) is 0 Å². The molecule has 0 bridgehead atoms. The number of hydrogen-bond acceptors (Lipinski definition) is 4. The molecule has 2 aromatic rings. The van der Waals surface area contributed by atoms with Crippen LogP contribution in [0.5, 0.6) is 11.5 Å². The van der Waals surface area contributed by atoms with Gasteiger partial charge >= 0.3 is 0 Å². The van der Waals surface area contributed by atoms with Gasteiger partial charge in [-0.2, -0.15) is 5.10 Å². The molecule has 1 atom stereocenters. The van der Waals surface area contributed by atoms with E-state index in [0.29, 0.717) is 13.2 Å². The summed E-state index contributed by atoms with van der Waals surface area (Å²) in [6.45, 7) is 3.26. The van der Waals surface area contributed by atoms with Gasteiger partial charge in [0.25, 0.3) is 0 Å². The summed E-state index contributed by atoms with van der Waals surface area (Å²) < 4.78 is 13.3. The van der Waals surface area contributed by atoms with Gasteiger partial charge < -0.3 is 15.2 Å². The second-order valence-corrected chi connectivity index (χ2v) is 5.29. The van der Waals surface area contributed by atoms with E-state index in [2.05, 4.69) is 18.1 Å². The molecule has 0 amide bonds. The van der Waals surface area contributed by atoms with Gasteiger partial charge in [0, 0.05) is 30.8 Å². The fourth-order valence-corrected chi connectivity index (χ4v) is 2.66. The number of rotatable bonds is 4. The standard InChI is InChI=1S/C16H21N3O2/c1-3-11-9-12(19(2)18-11)10-14(17)13-5-4-6-15-16(13)21-8-7-20-15/h4-6,9,14H,3,7-8,10,17H2,1-2H3. The minimum absolute atomic E-state index is 0.137. The predicted molar refractivity (Wildman–Crippen MR) is 80.7 cm³/mol. The molecule has 2 heterocycles. The third-order valence-electron chi connectivity index (χ3n) is 3.81. The van der Waals surface area contributed by atoms with Crippen LogP contribution in [0.4, 0.5) is 0 Å². The van der Waals surface area contributed by atoms with Crippen LogP contribution in [0.25, 0.3) is 0 Å². The summed E-state index contributed by atoms with van der Waals surface area (Å²) in [4.78, 5) is 0. The molecule has 0 radical (unpaired) electrons. The highest BCUT2D eigenvalue weighted by atomic mass is 16.6. The van der Waals surface area contributed by atoms with Crippen LogP contribution >= 0.6 is 0 Å². The van der Waals surface area contributed by atoms with E-state index in [-0.39, 0.29) is 6.04 Å². The summed E-state index contributed by atoms with van der Waals surface area (Å²) >= 11 is 0. The predicted octanol–water partition coefficient (Wildman–Crippen LogP) is 2.00. The van der Waals surface area contributed by atoms with Crippen LogP contribution in [0.2, 0.25) is 0 Å². The molecule has 1 unspecified atom stereocenters. The molecule has 0 spiro atoms. The Balaban J connectivity index is 1.85. The van der Waals surface area contributed by atoms with Gasteiger partial charge in [-0.15, -0.1) is 0 Å². The van der Waals surface area contributed by atoms with Crippen molar-refractivity contribution in [3.63, 3.8) is 0 Å². The molecule has 0 saturated heterocycles. The van der Waals surface area contributed by atoms with Gasteiger partial charge in [-0.3, -0.25) is 4.68 Å². The number of aromatic nitrogens is 2. The zero-order chi connectivity index (χ0) is 14.8. The lowest BCUT2D eigenvalue weighted by Crippen LogP contribution is -2.21. The number of nitrogens with two attached hydrogens (primary N) is 1. The van der Waals surface area contributed by atoms with E-state index in [1.807, 2.05) is 29.9 Å². The van der Waals surface area contributed by atoms with Gasteiger partial charge in [0.05, 0.1) is 5.69 Å². The molecule has 3 rings (SSSR count). The molecule has 5 nitrogen and oxygen atoms in total. The van der Waals surface area contributed by atoms with Crippen LogP contribution in [0.3, 0.4) is 0 Å². The first-order chi connectivity index (χ1) is 10.2. The van der Waals surface area contributed by atoms with Crippen LogP contribution in [0, 0.1) is 0 Å². The smallest absolute Gasteiger partial charge is 0.166 e. The number of fused-ring (bicyclic) bond motifs is 1. The van der Waals surface area contributed by atoms with Crippen LogP contribution < -0.4 is 15.2 Å². The Bertz CT molecular complexity index is 636. The van der Waals surface area contributed by atoms with Gasteiger partial charge in [0.2, 0.25) is 0 Å². The highest BCUT2D eigenvalue weighted by molar-refractivity contribution is 5.49. The highest BCUT2D eigenvalue weighted by Crippen LogP contribution is 2.37. The molecular weight excluding hydrogens is 266 g/mol. The molecule has 21 heavy (non-hydrogen) atoms. The molecule has 1 aliphatic rings. The maximum Gasteiger partial charge on any atom is 0.166 e. The molecule has 0 saturated carbocycles. The summed E-state index contributed by atoms with van der Waals surface area (Å²) in [5.41, 5.74) is 9.61. The Morgan fingerprint density at radius 3 is 2.90 bits per heavy atom. The molecule has 2 N–H and O–H groups in total. The largest absolute Gasteiger partial charge is 0.486 e. The molecule has 0 fully saturated rings. The zero-order valence-corrected chi connectivity index (χ0v) is 12.5. The SMILES string of the molecule is CCc1cc(CC(N)c2cccc3c2OCCO3)n(C)n1. The number of para-hydroxylation sites is 1. The van der Waals surface area contributed by atoms with Crippen molar-refractivity contribution >= 4 is 0 Å². The summed E-state index contributed by atoms with van der Waals surface area (Å²) in [6, 6.07) is 7.87. The summed E-state index contributed by atoms with van der Waals surface area (Å²) in [7, 11) is 1.96. The third kappa shape index (κ3) is 2.74. The van der Waals surface area contributed by atoms with Crippen molar-refractivity contribution < 1.29 is 9.47 Å². The van der Waals surface area contributed by atoms with Crippen molar-refractivity contribution in [1.82, 2.24) is 9.78 Å². The molecular formula is C16H21N3O2. The second kappa shape index (κ2) is 5.77. The van der Waals surface area contributed by atoms with Gasteiger partial charge in [-0.25, -0.2) is 0 Å². The second-order valence-electron chi connectivity index (χ2n) is 5.29. The first kappa shape index (κ1) is 13.9. The lowest BCUT2D eigenvalue weighted by atomic mass is 10.0. The van der Waals surface area contributed by atoms with E-state index in [4.69, 9.17) is 15.2 Å². The lowest BCUT2D eigenvalue weighted by molar-refractivity contribution is 0.169. The van der Waals surface area contributed by atoms with Crippen molar-refractivity contribution in [1.29, 1.82) is 0 Å². The average Bonchev–Trinajstić information content (AvgIpc) is 2.87. The van der Waals surface area contributed by atoms with Crippen molar-refractivity contribution in [2.45, 2.75) is 25.8 Å². The summed E-state index contributed by atoms with van der Waals surface area (Å²) in [5, 5.41) is 4.47. The van der Waals surface area contributed by atoms with Gasteiger partial charge in [-0.05, 0) is 18.6 Å². The minimum atomic E-state index is -0.137. The number of hydrogen-bond donors (Lipinski definition) is 1. The number of benzene rings is 1. The van der Waals surface area contributed by atoms with E-state index in [1.165, 1.54) is 0 Å². The van der Waals surface area contributed by atoms with E-state index in [9.17, 15) is 0 Å². The molecule has 1 aromatic carbocycles. The van der Waals surface area contributed by atoms with Crippen LogP contribution in [-0.2, 0) is 19.9 Å². The van der Waals surface area contributed by atoms with Crippen LogP contribution in [0.1, 0.15) is 29.9 Å². The Morgan fingerprint density at radius 2 is 2.14 bits per heavy atom. The van der Waals surface area contributed by atoms with Crippen molar-refractivity contribution in [2.24, 2.45) is 12.8 Å². The maximum atomic E-state index is 6.39.